The predicted molar refractivity (Wildman–Crippen MR) is 121 cm³/mol. The molecule has 1 fully saturated rings. The maximum absolute atomic E-state index is 13.0. The lowest BCUT2D eigenvalue weighted by molar-refractivity contribution is -0.126. The van der Waals surface area contributed by atoms with Crippen LogP contribution in [0.4, 0.5) is 10.1 Å². The maximum atomic E-state index is 13.0. The first kappa shape index (κ1) is 21.8. The fourth-order valence-corrected chi connectivity index (χ4v) is 3.66. The molecule has 0 aliphatic carbocycles. The van der Waals surface area contributed by atoms with Gasteiger partial charge in [0.1, 0.15) is 18.2 Å². The molecule has 164 valence electrons. The van der Waals surface area contributed by atoms with Crippen molar-refractivity contribution in [1.82, 2.24) is 5.32 Å². The molecule has 1 aliphatic rings. The van der Waals surface area contributed by atoms with Crippen LogP contribution in [0.2, 0.25) is 5.02 Å². The molecule has 32 heavy (non-hydrogen) atoms. The second-order valence-corrected chi connectivity index (χ2v) is 8.10. The molecule has 3 aromatic rings. The number of halogens is 2. The third kappa shape index (κ3) is 5.45. The van der Waals surface area contributed by atoms with Crippen LogP contribution in [0, 0.1) is 11.7 Å². The molecular weight excluding hydrogens is 431 g/mol. The van der Waals surface area contributed by atoms with Gasteiger partial charge in [-0.1, -0.05) is 35.9 Å². The van der Waals surface area contributed by atoms with Crippen LogP contribution in [-0.4, -0.2) is 18.4 Å². The highest BCUT2D eigenvalue weighted by atomic mass is 35.5. The third-order valence-corrected chi connectivity index (χ3v) is 5.59. The molecule has 0 bridgehead atoms. The van der Waals surface area contributed by atoms with Crippen LogP contribution in [0.5, 0.6) is 5.75 Å². The quantitative estimate of drug-likeness (QED) is 0.564. The minimum atomic E-state index is -0.399. The monoisotopic (exact) mass is 452 g/mol. The molecule has 3 aromatic carbocycles. The Kier molecular flexibility index (Phi) is 6.71. The Balaban J connectivity index is 1.30. The molecule has 1 saturated heterocycles. The molecule has 0 spiro atoms. The molecule has 7 heteroatoms. The first-order valence-corrected chi connectivity index (χ1v) is 10.7. The number of carbonyl (C=O) groups is 2. The van der Waals surface area contributed by atoms with E-state index >= 15 is 0 Å². The highest BCUT2D eigenvalue weighted by Gasteiger charge is 2.35. The molecule has 1 aliphatic heterocycles. The summed E-state index contributed by atoms with van der Waals surface area (Å²) in [5, 5.41) is 3.54. The fourth-order valence-electron chi connectivity index (χ4n) is 3.54. The lowest BCUT2D eigenvalue weighted by Crippen LogP contribution is -2.32. The normalized spacial score (nSPS) is 15.6. The highest BCUT2D eigenvalue weighted by molar-refractivity contribution is 6.30. The van der Waals surface area contributed by atoms with Crippen LogP contribution in [0.1, 0.15) is 17.5 Å². The van der Waals surface area contributed by atoms with Crippen molar-refractivity contribution in [3.05, 3.63) is 94.8 Å². The summed E-state index contributed by atoms with van der Waals surface area (Å²) >= 11 is 5.88. The SMILES string of the molecule is O=C(NCc1ccc(Cl)cc1)C1CC(=O)N(c2ccc(OCc3ccc(F)cc3)cc2)C1. The zero-order valence-corrected chi connectivity index (χ0v) is 18.0. The van der Waals surface area contributed by atoms with Gasteiger partial charge in [-0.2, -0.15) is 0 Å². The second-order valence-electron chi connectivity index (χ2n) is 7.66. The molecule has 0 saturated carbocycles. The summed E-state index contributed by atoms with van der Waals surface area (Å²) in [4.78, 5) is 26.7. The Bertz CT molecular complexity index is 1090. The van der Waals surface area contributed by atoms with Crippen molar-refractivity contribution in [3.63, 3.8) is 0 Å². The average molecular weight is 453 g/mol. The standard InChI is InChI=1S/C25H22ClFN2O3/c26-20-5-1-17(2-6-20)14-28-25(31)19-13-24(30)29(15-19)22-9-11-23(12-10-22)32-16-18-3-7-21(27)8-4-18/h1-12,19H,13-16H2,(H,28,31). The van der Waals surface area contributed by atoms with Gasteiger partial charge < -0.3 is 15.0 Å². The van der Waals surface area contributed by atoms with Crippen LogP contribution in [0.25, 0.3) is 0 Å². The number of amides is 2. The van der Waals surface area contributed by atoms with E-state index in [0.29, 0.717) is 30.5 Å². The van der Waals surface area contributed by atoms with Crippen molar-refractivity contribution in [2.45, 2.75) is 19.6 Å². The Morgan fingerprint density at radius 3 is 2.34 bits per heavy atom. The molecule has 1 atom stereocenters. The number of hydrogen-bond acceptors (Lipinski definition) is 3. The molecule has 5 nitrogen and oxygen atoms in total. The van der Waals surface area contributed by atoms with Gasteiger partial charge in [-0.05, 0) is 59.7 Å². The van der Waals surface area contributed by atoms with E-state index in [1.165, 1.54) is 12.1 Å². The van der Waals surface area contributed by atoms with Gasteiger partial charge in [0.15, 0.2) is 0 Å². The van der Waals surface area contributed by atoms with Crippen LogP contribution in [0.3, 0.4) is 0 Å². The molecule has 1 heterocycles. The van der Waals surface area contributed by atoms with Crippen molar-refractivity contribution in [2.75, 3.05) is 11.4 Å². The third-order valence-electron chi connectivity index (χ3n) is 5.34. The van der Waals surface area contributed by atoms with Crippen molar-refractivity contribution in [3.8, 4) is 5.75 Å². The lowest BCUT2D eigenvalue weighted by Gasteiger charge is -2.17. The van der Waals surface area contributed by atoms with Gasteiger partial charge in [0, 0.05) is 30.2 Å². The van der Waals surface area contributed by atoms with E-state index in [2.05, 4.69) is 5.32 Å². The predicted octanol–water partition coefficient (Wildman–Crippen LogP) is 4.73. The summed E-state index contributed by atoms with van der Waals surface area (Å²) in [6.07, 6.45) is 0.176. The molecule has 0 aromatic heterocycles. The lowest BCUT2D eigenvalue weighted by atomic mass is 10.1. The van der Waals surface area contributed by atoms with Gasteiger partial charge in [0.05, 0.1) is 5.92 Å². The van der Waals surface area contributed by atoms with E-state index < -0.39 is 5.92 Å². The maximum Gasteiger partial charge on any atom is 0.227 e. The van der Waals surface area contributed by atoms with Crippen molar-refractivity contribution < 1.29 is 18.7 Å². The number of nitrogens with zero attached hydrogens (tertiary/aromatic N) is 1. The van der Waals surface area contributed by atoms with Gasteiger partial charge in [-0.15, -0.1) is 0 Å². The number of nitrogens with one attached hydrogen (secondary N) is 1. The Labute approximate surface area is 190 Å². The summed E-state index contributed by atoms with van der Waals surface area (Å²) in [6, 6.07) is 20.5. The van der Waals surface area contributed by atoms with E-state index in [1.807, 2.05) is 12.1 Å². The van der Waals surface area contributed by atoms with Gasteiger partial charge in [0.2, 0.25) is 11.8 Å². The fraction of sp³-hybridized carbons (Fsp3) is 0.200. The number of anilines is 1. The molecule has 1 unspecified atom stereocenters. The van der Waals surface area contributed by atoms with E-state index in [4.69, 9.17) is 16.3 Å². The van der Waals surface area contributed by atoms with E-state index in [-0.39, 0.29) is 24.1 Å². The van der Waals surface area contributed by atoms with Crippen LogP contribution in [0.15, 0.2) is 72.8 Å². The minimum absolute atomic E-state index is 0.0865. The first-order valence-electron chi connectivity index (χ1n) is 10.3. The summed E-state index contributed by atoms with van der Waals surface area (Å²) in [6.45, 7) is 1.04. The summed E-state index contributed by atoms with van der Waals surface area (Å²) in [7, 11) is 0. The second kappa shape index (κ2) is 9.83. The Morgan fingerprint density at radius 2 is 1.66 bits per heavy atom. The summed E-state index contributed by atoms with van der Waals surface area (Å²) in [5.41, 5.74) is 2.52. The zero-order chi connectivity index (χ0) is 22.5. The Morgan fingerprint density at radius 1 is 1.00 bits per heavy atom. The molecule has 0 radical (unpaired) electrons. The zero-order valence-electron chi connectivity index (χ0n) is 17.3. The molecule has 2 amide bonds. The summed E-state index contributed by atoms with van der Waals surface area (Å²) < 4.78 is 18.7. The van der Waals surface area contributed by atoms with Gasteiger partial charge >= 0.3 is 0 Å². The van der Waals surface area contributed by atoms with Crippen molar-refractivity contribution in [1.29, 1.82) is 0 Å². The number of rotatable bonds is 7. The Hall–Kier alpha value is -3.38. The van der Waals surface area contributed by atoms with Crippen molar-refractivity contribution in [2.24, 2.45) is 5.92 Å². The van der Waals surface area contributed by atoms with Crippen LogP contribution in [-0.2, 0) is 22.7 Å². The largest absolute Gasteiger partial charge is 0.489 e. The number of benzene rings is 3. The van der Waals surface area contributed by atoms with Crippen molar-refractivity contribution >= 4 is 29.1 Å². The van der Waals surface area contributed by atoms with Gasteiger partial charge in [-0.25, -0.2) is 4.39 Å². The number of ether oxygens (including phenoxy) is 1. The van der Waals surface area contributed by atoms with E-state index in [1.54, 1.807) is 53.4 Å². The van der Waals surface area contributed by atoms with Crippen LogP contribution < -0.4 is 15.0 Å². The summed E-state index contributed by atoms with van der Waals surface area (Å²) in [5.74, 6) is -0.275. The van der Waals surface area contributed by atoms with E-state index in [0.717, 1.165) is 16.8 Å². The first-order chi connectivity index (χ1) is 15.5. The van der Waals surface area contributed by atoms with Crippen LogP contribution >= 0.6 is 11.6 Å². The average Bonchev–Trinajstić information content (AvgIpc) is 3.20. The van der Waals surface area contributed by atoms with Gasteiger partial charge in [-0.3, -0.25) is 9.59 Å². The molecule has 1 N–H and O–H groups in total. The smallest absolute Gasteiger partial charge is 0.227 e. The minimum Gasteiger partial charge on any atom is -0.489 e. The highest BCUT2D eigenvalue weighted by Crippen LogP contribution is 2.27. The number of carbonyl (C=O) groups excluding carboxylic acids is 2. The topological polar surface area (TPSA) is 58.6 Å². The number of hydrogen-bond donors (Lipinski definition) is 1. The molecular formula is C25H22ClFN2O3. The molecule has 4 rings (SSSR count). The van der Waals surface area contributed by atoms with E-state index in [9.17, 15) is 14.0 Å². The van der Waals surface area contributed by atoms with Gasteiger partial charge in [0.25, 0.3) is 0 Å².